The standard InChI is InChI=1S/C25H26BrN3O2/c1-31-24-16-21(26)15-20(25(24)30)17-27-22-7-9-23(10-8-22)29-13-11-28(12-14-29)18-19-5-3-2-4-6-19/h2-10,15-17,30H,11-14,18H2,1H3. The van der Waals surface area contributed by atoms with Crippen molar-refractivity contribution in [2.75, 3.05) is 38.2 Å². The zero-order chi connectivity index (χ0) is 21.6. The molecule has 1 saturated heterocycles. The van der Waals surface area contributed by atoms with Gasteiger partial charge in [0.2, 0.25) is 0 Å². The second-order valence-electron chi connectivity index (χ2n) is 7.57. The largest absolute Gasteiger partial charge is 0.504 e. The Hall–Kier alpha value is -2.83. The molecule has 0 atom stereocenters. The van der Waals surface area contributed by atoms with Crippen molar-refractivity contribution in [1.82, 2.24) is 4.90 Å². The third-order valence-electron chi connectivity index (χ3n) is 5.48. The normalized spacial score (nSPS) is 14.8. The molecule has 3 aromatic carbocycles. The zero-order valence-electron chi connectivity index (χ0n) is 17.5. The lowest BCUT2D eigenvalue weighted by molar-refractivity contribution is 0.250. The van der Waals surface area contributed by atoms with Crippen LogP contribution in [0.3, 0.4) is 0 Å². The number of phenols is 1. The van der Waals surface area contributed by atoms with Crippen molar-refractivity contribution in [1.29, 1.82) is 0 Å². The number of nitrogens with zero attached hydrogens (tertiary/aromatic N) is 3. The molecule has 31 heavy (non-hydrogen) atoms. The Bertz CT molecular complexity index is 1030. The van der Waals surface area contributed by atoms with Crippen molar-refractivity contribution < 1.29 is 9.84 Å². The molecule has 0 amide bonds. The summed E-state index contributed by atoms with van der Waals surface area (Å²) >= 11 is 3.43. The molecule has 1 aliphatic heterocycles. The van der Waals surface area contributed by atoms with Crippen LogP contribution in [0.5, 0.6) is 11.5 Å². The van der Waals surface area contributed by atoms with Gasteiger partial charge in [0.15, 0.2) is 11.5 Å². The van der Waals surface area contributed by atoms with Crippen LogP contribution in [0, 0.1) is 0 Å². The van der Waals surface area contributed by atoms with E-state index in [1.165, 1.54) is 18.4 Å². The van der Waals surface area contributed by atoms with Crippen molar-refractivity contribution in [2.45, 2.75) is 6.54 Å². The van der Waals surface area contributed by atoms with E-state index >= 15 is 0 Å². The van der Waals surface area contributed by atoms with Gasteiger partial charge in [-0.2, -0.15) is 0 Å². The van der Waals surface area contributed by atoms with Gasteiger partial charge in [0.1, 0.15) is 0 Å². The summed E-state index contributed by atoms with van der Waals surface area (Å²) in [6, 6.07) is 22.4. The monoisotopic (exact) mass is 479 g/mol. The average molecular weight is 480 g/mol. The number of halogens is 1. The second kappa shape index (κ2) is 9.98. The van der Waals surface area contributed by atoms with Gasteiger partial charge in [0.05, 0.1) is 12.8 Å². The number of piperazine rings is 1. The maximum absolute atomic E-state index is 10.3. The van der Waals surface area contributed by atoms with E-state index in [-0.39, 0.29) is 5.75 Å². The van der Waals surface area contributed by atoms with Crippen molar-refractivity contribution in [2.24, 2.45) is 4.99 Å². The highest BCUT2D eigenvalue weighted by Crippen LogP contribution is 2.33. The number of anilines is 1. The Morgan fingerprint density at radius 2 is 1.71 bits per heavy atom. The molecule has 1 heterocycles. The summed E-state index contributed by atoms with van der Waals surface area (Å²) in [5, 5.41) is 10.3. The summed E-state index contributed by atoms with van der Waals surface area (Å²) in [4.78, 5) is 9.43. The lowest BCUT2D eigenvalue weighted by atomic mass is 10.2. The molecule has 160 valence electrons. The summed E-state index contributed by atoms with van der Waals surface area (Å²) in [5.74, 6) is 0.497. The Kier molecular flexibility index (Phi) is 6.89. The van der Waals surface area contributed by atoms with Crippen LogP contribution in [0.25, 0.3) is 0 Å². The Labute approximate surface area is 191 Å². The first-order valence-corrected chi connectivity index (χ1v) is 11.1. The molecule has 0 spiro atoms. The fourth-order valence-corrected chi connectivity index (χ4v) is 4.20. The predicted molar refractivity (Wildman–Crippen MR) is 130 cm³/mol. The number of benzene rings is 3. The maximum atomic E-state index is 10.3. The van der Waals surface area contributed by atoms with Crippen LogP contribution in [0.1, 0.15) is 11.1 Å². The van der Waals surface area contributed by atoms with E-state index in [2.05, 4.69) is 73.2 Å². The average Bonchev–Trinajstić information content (AvgIpc) is 2.81. The Morgan fingerprint density at radius 1 is 1.00 bits per heavy atom. The zero-order valence-corrected chi connectivity index (χ0v) is 19.1. The van der Waals surface area contributed by atoms with Gasteiger partial charge in [-0.25, -0.2) is 0 Å². The van der Waals surface area contributed by atoms with Gasteiger partial charge in [-0.1, -0.05) is 46.3 Å². The highest BCUT2D eigenvalue weighted by atomic mass is 79.9. The second-order valence-corrected chi connectivity index (χ2v) is 8.48. The number of rotatable bonds is 6. The van der Waals surface area contributed by atoms with E-state index in [4.69, 9.17) is 4.74 Å². The van der Waals surface area contributed by atoms with E-state index in [9.17, 15) is 5.11 Å². The smallest absolute Gasteiger partial charge is 0.166 e. The van der Waals surface area contributed by atoms with E-state index in [1.807, 2.05) is 18.2 Å². The van der Waals surface area contributed by atoms with E-state index in [1.54, 1.807) is 12.3 Å². The summed E-state index contributed by atoms with van der Waals surface area (Å²) < 4.78 is 6.02. The first kappa shape index (κ1) is 21.4. The quantitative estimate of drug-likeness (QED) is 0.491. The molecule has 0 bridgehead atoms. The lowest BCUT2D eigenvalue weighted by Crippen LogP contribution is -2.45. The predicted octanol–water partition coefficient (Wildman–Crippen LogP) is 5.24. The third-order valence-corrected chi connectivity index (χ3v) is 5.94. The minimum Gasteiger partial charge on any atom is -0.504 e. The minimum atomic E-state index is 0.0828. The van der Waals surface area contributed by atoms with Gasteiger partial charge < -0.3 is 14.7 Å². The van der Waals surface area contributed by atoms with Crippen LogP contribution >= 0.6 is 15.9 Å². The molecule has 0 aromatic heterocycles. The molecule has 6 heteroatoms. The molecular weight excluding hydrogens is 454 g/mol. The topological polar surface area (TPSA) is 48.3 Å². The molecule has 1 N–H and O–H groups in total. The number of phenolic OH excluding ortho intramolecular Hbond substituents is 1. The van der Waals surface area contributed by atoms with Gasteiger partial charge in [-0.15, -0.1) is 0 Å². The number of ether oxygens (including phenoxy) is 1. The molecule has 1 aliphatic rings. The number of hydrogen-bond donors (Lipinski definition) is 1. The molecule has 1 fully saturated rings. The lowest BCUT2D eigenvalue weighted by Gasteiger charge is -2.36. The van der Waals surface area contributed by atoms with Crippen LogP contribution in [-0.4, -0.2) is 49.5 Å². The molecule has 0 saturated carbocycles. The SMILES string of the molecule is COc1cc(Br)cc(C=Nc2ccc(N3CCN(Cc4ccccc4)CC3)cc2)c1O. The first-order valence-electron chi connectivity index (χ1n) is 10.3. The van der Waals surface area contributed by atoms with Crippen molar-refractivity contribution in [3.05, 3.63) is 82.3 Å². The molecule has 0 unspecified atom stereocenters. The summed E-state index contributed by atoms with van der Waals surface area (Å²) in [6.07, 6.45) is 1.65. The third kappa shape index (κ3) is 5.46. The van der Waals surface area contributed by atoms with Crippen molar-refractivity contribution in [3.63, 3.8) is 0 Å². The molecule has 0 aliphatic carbocycles. The Morgan fingerprint density at radius 3 is 2.39 bits per heavy atom. The fraction of sp³-hybridized carbons (Fsp3) is 0.240. The van der Waals surface area contributed by atoms with Crippen molar-refractivity contribution >= 4 is 33.5 Å². The number of aliphatic imine (C=N–C) groups is 1. The molecule has 5 nitrogen and oxygen atoms in total. The molecule has 0 radical (unpaired) electrons. The van der Waals surface area contributed by atoms with Crippen LogP contribution in [0.4, 0.5) is 11.4 Å². The Balaban J connectivity index is 1.36. The summed E-state index contributed by atoms with van der Waals surface area (Å²) in [7, 11) is 1.53. The molecule has 4 rings (SSSR count). The van der Waals surface area contributed by atoms with Gasteiger partial charge >= 0.3 is 0 Å². The van der Waals surface area contributed by atoms with Gasteiger partial charge in [-0.3, -0.25) is 9.89 Å². The summed E-state index contributed by atoms with van der Waals surface area (Å²) in [5.41, 5.74) is 4.02. The summed E-state index contributed by atoms with van der Waals surface area (Å²) in [6.45, 7) is 5.15. The van der Waals surface area contributed by atoms with E-state index in [0.29, 0.717) is 11.3 Å². The fourth-order valence-electron chi connectivity index (χ4n) is 3.75. The van der Waals surface area contributed by atoms with Crippen LogP contribution in [0.15, 0.2) is 76.2 Å². The van der Waals surface area contributed by atoms with Gasteiger partial charge in [0.25, 0.3) is 0 Å². The van der Waals surface area contributed by atoms with E-state index < -0.39 is 0 Å². The minimum absolute atomic E-state index is 0.0828. The number of aromatic hydroxyl groups is 1. The van der Waals surface area contributed by atoms with Gasteiger partial charge in [-0.05, 0) is 42.0 Å². The van der Waals surface area contributed by atoms with E-state index in [0.717, 1.165) is 42.9 Å². The molecule has 3 aromatic rings. The van der Waals surface area contributed by atoms with Crippen LogP contribution in [0.2, 0.25) is 0 Å². The van der Waals surface area contributed by atoms with Crippen LogP contribution in [-0.2, 0) is 6.54 Å². The number of hydrogen-bond acceptors (Lipinski definition) is 5. The number of methoxy groups -OCH3 is 1. The van der Waals surface area contributed by atoms with Crippen molar-refractivity contribution in [3.8, 4) is 11.5 Å². The van der Waals surface area contributed by atoms with Crippen LogP contribution < -0.4 is 9.64 Å². The molecular formula is C25H26BrN3O2. The van der Waals surface area contributed by atoms with Gasteiger partial charge in [0, 0.05) is 54.7 Å². The highest BCUT2D eigenvalue weighted by Gasteiger charge is 2.17. The highest BCUT2D eigenvalue weighted by molar-refractivity contribution is 9.10. The maximum Gasteiger partial charge on any atom is 0.166 e. The first-order chi connectivity index (χ1) is 15.1.